The first-order valence-corrected chi connectivity index (χ1v) is 4.58. The highest BCUT2D eigenvalue weighted by Crippen LogP contribution is 2.00. The van der Waals surface area contributed by atoms with Crippen LogP contribution in [0.1, 0.15) is 13.8 Å². The van der Waals surface area contributed by atoms with Crippen LogP contribution in [0.3, 0.4) is 0 Å². The number of carbonyl (C=O) groups is 1. The molecule has 1 aromatic rings. The minimum absolute atomic E-state index is 0.0387. The minimum atomic E-state index is 0.0387. The Bertz CT molecular complexity index is 317. The Labute approximate surface area is 83.9 Å². The van der Waals surface area contributed by atoms with Crippen molar-refractivity contribution in [3.63, 3.8) is 0 Å². The van der Waals surface area contributed by atoms with E-state index >= 15 is 0 Å². The van der Waals surface area contributed by atoms with Gasteiger partial charge in [0, 0.05) is 18.3 Å². The average molecular weight is 190 g/mol. The lowest BCUT2D eigenvalue weighted by molar-refractivity contribution is -0.117. The Hall–Kier alpha value is -1.64. The van der Waals surface area contributed by atoms with Crippen molar-refractivity contribution in [2.24, 2.45) is 5.92 Å². The summed E-state index contributed by atoms with van der Waals surface area (Å²) in [6.07, 6.45) is 4.84. The Kier molecular flexibility index (Phi) is 3.85. The number of hydrogen-bond acceptors (Lipinski definition) is 3. The lowest BCUT2D eigenvalue weighted by Gasteiger charge is -1.99. The summed E-state index contributed by atoms with van der Waals surface area (Å²) in [4.78, 5) is 15.2. The number of carbonyl (C=O) groups excluding carboxylic acids is 1. The largest absolute Gasteiger partial charge is 0.347 e. The fourth-order valence-electron chi connectivity index (χ4n) is 0.850. The van der Waals surface area contributed by atoms with Crippen molar-refractivity contribution in [3.05, 3.63) is 36.7 Å². The van der Waals surface area contributed by atoms with E-state index in [9.17, 15) is 4.79 Å². The molecule has 0 radical (unpaired) electrons. The first-order chi connectivity index (χ1) is 6.70. The molecule has 0 unspecified atom stereocenters. The smallest absolute Gasteiger partial charge is 0.159 e. The molecule has 0 aliphatic heterocycles. The van der Waals surface area contributed by atoms with E-state index in [2.05, 4.69) is 10.3 Å². The molecule has 0 saturated carbocycles. The van der Waals surface area contributed by atoms with Crippen molar-refractivity contribution in [1.29, 1.82) is 0 Å². The maximum absolute atomic E-state index is 11.2. The van der Waals surface area contributed by atoms with E-state index in [1.54, 1.807) is 12.4 Å². The third-order valence-corrected chi connectivity index (χ3v) is 1.71. The van der Waals surface area contributed by atoms with Crippen LogP contribution in [0, 0.1) is 5.92 Å². The molecule has 1 aromatic heterocycles. The van der Waals surface area contributed by atoms with Crippen LogP contribution in [-0.2, 0) is 4.79 Å². The Morgan fingerprint density at radius 1 is 1.50 bits per heavy atom. The Morgan fingerprint density at radius 2 is 2.29 bits per heavy atom. The Morgan fingerprint density at radius 3 is 2.86 bits per heavy atom. The number of pyridine rings is 1. The van der Waals surface area contributed by atoms with Crippen LogP contribution in [0.25, 0.3) is 0 Å². The SMILES string of the molecule is CC(C)C(=O)/C=C/Nc1ccccn1. The van der Waals surface area contributed by atoms with E-state index in [1.165, 1.54) is 6.08 Å². The van der Waals surface area contributed by atoms with Gasteiger partial charge in [-0.3, -0.25) is 4.79 Å². The van der Waals surface area contributed by atoms with Crippen molar-refractivity contribution in [2.45, 2.75) is 13.8 Å². The lowest BCUT2D eigenvalue weighted by Crippen LogP contribution is -2.03. The van der Waals surface area contributed by atoms with Gasteiger partial charge < -0.3 is 5.32 Å². The summed E-state index contributed by atoms with van der Waals surface area (Å²) < 4.78 is 0. The highest BCUT2D eigenvalue weighted by molar-refractivity contribution is 5.91. The third kappa shape index (κ3) is 3.39. The van der Waals surface area contributed by atoms with E-state index < -0.39 is 0 Å². The topological polar surface area (TPSA) is 42.0 Å². The van der Waals surface area contributed by atoms with Crippen LogP contribution in [0.15, 0.2) is 36.7 Å². The van der Waals surface area contributed by atoms with Gasteiger partial charge in [-0.25, -0.2) is 4.98 Å². The zero-order valence-electron chi connectivity index (χ0n) is 8.40. The van der Waals surface area contributed by atoms with E-state index in [0.29, 0.717) is 0 Å². The quantitative estimate of drug-likeness (QED) is 0.740. The first kappa shape index (κ1) is 10.4. The van der Waals surface area contributed by atoms with Crippen molar-refractivity contribution >= 4 is 11.6 Å². The van der Waals surface area contributed by atoms with Gasteiger partial charge in [-0.1, -0.05) is 19.9 Å². The molecule has 0 bridgehead atoms. The number of aromatic nitrogens is 1. The van der Waals surface area contributed by atoms with E-state index in [-0.39, 0.29) is 11.7 Å². The lowest BCUT2D eigenvalue weighted by atomic mass is 10.1. The van der Waals surface area contributed by atoms with E-state index in [1.807, 2.05) is 32.0 Å². The Balaban J connectivity index is 2.45. The van der Waals surface area contributed by atoms with Crippen LogP contribution in [0.4, 0.5) is 5.82 Å². The van der Waals surface area contributed by atoms with Gasteiger partial charge in [0.15, 0.2) is 5.78 Å². The third-order valence-electron chi connectivity index (χ3n) is 1.71. The molecule has 1 heterocycles. The number of anilines is 1. The maximum atomic E-state index is 11.2. The number of hydrogen-bond donors (Lipinski definition) is 1. The fourth-order valence-corrected chi connectivity index (χ4v) is 0.850. The van der Waals surface area contributed by atoms with Gasteiger partial charge >= 0.3 is 0 Å². The predicted octanol–water partition coefficient (Wildman–Crippen LogP) is 2.23. The molecule has 0 aliphatic rings. The molecule has 0 spiro atoms. The number of nitrogens with zero attached hydrogens (tertiary/aromatic N) is 1. The highest BCUT2D eigenvalue weighted by Gasteiger charge is 2.00. The molecule has 74 valence electrons. The number of allylic oxidation sites excluding steroid dienone is 1. The molecule has 14 heavy (non-hydrogen) atoms. The van der Waals surface area contributed by atoms with Gasteiger partial charge in [-0.15, -0.1) is 0 Å². The van der Waals surface area contributed by atoms with Gasteiger partial charge in [-0.05, 0) is 18.2 Å². The molecule has 0 aromatic carbocycles. The van der Waals surface area contributed by atoms with E-state index in [0.717, 1.165) is 5.82 Å². The van der Waals surface area contributed by atoms with Gasteiger partial charge in [0.25, 0.3) is 0 Å². The predicted molar refractivity (Wildman–Crippen MR) is 56.8 cm³/mol. The summed E-state index contributed by atoms with van der Waals surface area (Å²) >= 11 is 0. The zero-order valence-corrected chi connectivity index (χ0v) is 8.40. The molecule has 0 amide bonds. The monoisotopic (exact) mass is 190 g/mol. The second-order valence-corrected chi connectivity index (χ2v) is 3.25. The molecule has 1 N–H and O–H groups in total. The van der Waals surface area contributed by atoms with Crippen LogP contribution in [0.5, 0.6) is 0 Å². The number of ketones is 1. The summed E-state index contributed by atoms with van der Waals surface area (Å²) in [6.45, 7) is 3.74. The van der Waals surface area contributed by atoms with Crippen molar-refractivity contribution in [2.75, 3.05) is 5.32 Å². The zero-order chi connectivity index (χ0) is 10.4. The van der Waals surface area contributed by atoms with Gasteiger partial charge in [0.05, 0.1) is 0 Å². The molecule has 3 heteroatoms. The average Bonchev–Trinajstić information content (AvgIpc) is 2.19. The van der Waals surface area contributed by atoms with Crippen LogP contribution in [-0.4, -0.2) is 10.8 Å². The van der Waals surface area contributed by atoms with Crippen LogP contribution < -0.4 is 5.32 Å². The number of nitrogens with one attached hydrogen (secondary N) is 1. The standard InChI is InChI=1S/C11H14N2O/c1-9(2)10(14)6-8-13-11-5-3-4-7-12-11/h3-9H,1-2H3,(H,12,13)/b8-6+. The van der Waals surface area contributed by atoms with Crippen molar-refractivity contribution < 1.29 is 4.79 Å². The fraction of sp³-hybridized carbons (Fsp3) is 0.273. The molecule has 0 aliphatic carbocycles. The molecular weight excluding hydrogens is 176 g/mol. The highest BCUT2D eigenvalue weighted by atomic mass is 16.1. The molecule has 1 rings (SSSR count). The van der Waals surface area contributed by atoms with Gasteiger partial charge in [0.1, 0.15) is 5.82 Å². The minimum Gasteiger partial charge on any atom is -0.347 e. The van der Waals surface area contributed by atoms with Gasteiger partial charge in [-0.2, -0.15) is 0 Å². The first-order valence-electron chi connectivity index (χ1n) is 4.58. The van der Waals surface area contributed by atoms with Crippen molar-refractivity contribution in [3.8, 4) is 0 Å². The molecule has 0 fully saturated rings. The molecular formula is C11H14N2O. The van der Waals surface area contributed by atoms with Crippen molar-refractivity contribution in [1.82, 2.24) is 4.98 Å². The number of rotatable bonds is 4. The van der Waals surface area contributed by atoms with E-state index in [4.69, 9.17) is 0 Å². The summed E-state index contributed by atoms with van der Waals surface area (Å²) in [6, 6.07) is 5.56. The summed E-state index contributed by atoms with van der Waals surface area (Å²) in [5, 5.41) is 2.92. The summed E-state index contributed by atoms with van der Waals surface area (Å²) in [7, 11) is 0. The molecule has 0 atom stereocenters. The van der Waals surface area contributed by atoms with Crippen LogP contribution in [0.2, 0.25) is 0 Å². The summed E-state index contributed by atoms with van der Waals surface area (Å²) in [5.41, 5.74) is 0. The second kappa shape index (κ2) is 5.17. The second-order valence-electron chi connectivity index (χ2n) is 3.25. The van der Waals surface area contributed by atoms with Gasteiger partial charge in [0.2, 0.25) is 0 Å². The normalized spacial score (nSPS) is 10.8. The molecule has 0 saturated heterocycles. The summed E-state index contributed by atoms with van der Waals surface area (Å²) in [5.74, 6) is 0.880. The molecule has 3 nitrogen and oxygen atoms in total. The van der Waals surface area contributed by atoms with Crippen LogP contribution >= 0.6 is 0 Å². The maximum Gasteiger partial charge on any atom is 0.159 e.